The third kappa shape index (κ3) is 3.22. The van der Waals surface area contributed by atoms with E-state index in [-0.39, 0.29) is 16.9 Å². The first-order valence-corrected chi connectivity index (χ1v) is 8.70. The Labute approximate surface area is 127 Å². The molecule has 0 bridgehead atoms. The highest BCUT2D eigenvalue weighted by atomic mass is 32.2. The number of rotatable bonds is 4. The normalized spacial score (nSPS) is 24.0. The topological polar surface area (TPSA) is 72.6 Å². The van der Waals surface area contributed by atoms with E-state index >= 15 is 0 Å². The lowest BCUT2D eigenvalue weighted by Crippen LogP contribution is -2.47. The summed E-state index contributed by atoms with van der Waals surface area (Å²) >= 11 is 0. The van der Waals surface area contributed by atoms with Gasteiger partial charge in [-0.25, -0.2) is 8.42 Å². The molecular formula is C15H24N2O3S. The van der Waals surface area contributed by atoms with Gasteiger partial charge in [0.15, 0.2) is 0 Å². The van der Waals surface area contributed by atoms with Gasteiger partial charge >= 0.3 is 0 Å². The Balaban J connectivity index is 2.43. The Hall–Kier alpha value is -1.11. The van der Waals surface area contributed by atoms with Gasteiger partial charge in [0.25, 0.3) is 0 Å². The van der Waals surface area contributed by atoms with E-state index in [1.54, 1.807) is 16.4 Å². The largest absolute Gasteiger partial charge is 0.495 e. The number of hydrogen-bond donors (Lipinski definition) is 1. The van der Waals surface area contributed by atoms with Crippen LogP contribution in [0.5, 0.6) is 5.75 Å². The average molecular weight is 312 g/mol. The molecule has 0 radical (unpaired) electrons. The van der Waals surface area contributed by atoms with E-state index in [4.69, 9.17) is 10.5 Å². The highest BCUT2D eigenvalue weighted by Crippen LogP contribution is 2.32. The zero-order valence-electron chi connectivity index (χ0n) is 12.9. The van der Waals surface area contributed by atoms with E-state index < -0.39 is 10.0 Å². The van der Waals surface area contributed by atoms with Crippen LogP contribution in [0.3, 0.4) is 0 Å². The van der Waals surface area contributed by atoms with E-state index in [2.05, 4.69) is 0 Å². The molecule has 2 N–H and O–H groups in total. The quantitative estimate of drug-likeness (QED) is 0.919. The van der Waals surface area contributed by atoms with Crippen LogP contribution < -0.4 is 10.5 Å². The van der Waals surface area contributed by atoms with Crippen LogP contribution in [0.25, 0.3) is 0 Å². The van der Waals surface area contributed by atoms with Gasteiger partial charge in [-0.15, -0.1) is 0 Å². The summed E-state index contributed by atoms with van der Waals surface area (Å²) in [5.74, 6) is 0.620. The standard InChI is InChI=1S/C15H24N2O3S/c1-11-4-7-14(20-3)15(8-11)21(18,19)17-10-13(9-16)6-5-12(17)2/h4,7-8,12-13H,5-6,9-10,16H2,1-3H3. The van der Waals surface area contributed by atoms with E-state index in [1.807, 2.05) is 19.9 Å². The van der Waals surface area contributed by atoms with E-state index in [0.717, 1.165) is 18.4 Å². The number of piperidine rings is 1. The second-order valence-corrected chi connectivity index (χ2v) is 7.62. The van der Waals surface area contributed by atoms with Gasteiger partial charge in [-0.05, 0) is 56.8 Å². The summed E-state index contributed by atoms with van der Waals surface area (Å²) in [6, 6.07) is 5.22. The van der Waals surface area contributed by atoms with Crippen molar-refractivity contribution in [1.29, 1.82) is 0 Å². The number of nitrogens with two attached hydrogens (primary N) is 1. The summed E-state index contributed by atoms with van der Waals surface area (Å²) in [5.41, 5.74) is 6.62. The van der Waals surface area contributed by atoms with Crippen LogP contribution in [-0.2, 0) is 10.0 Å². The van der Waals surface area contributed by atoms with E-state index in [0.29, 0.717) is 18.8 Å². The lowest BCUT2D eigenvalue weighted by atomic mass is 9.96. The fourth-order valence-electron chi connectivity index (χ4n) is 2.79. The molecule has 118 valence electrons. The van der Waals surface area contributed by atoms with Crippen LogP contribution in [0.2, 0.25) is 0 Å². The molecule has 1 aromatic rings. The first-order chi connectivity index (χ1) is 9.90. The highest BCUT2D eigenvalue weighted by Gasteiger charge is 2.36. The third-order valence-corrected chi connectivity index (χ3v) is 6.16. The van der Waals surface area contributed by atoms with Gasteiger partial charge in [-0.2, -0.15) is 4.31 Å². The minimum Gasteiger partial charge on any atom is -0.495 e. The van der Waals surface area contributed by atoms with Crippen molar-refractivity contribution in [2.75, 3.05) is 20.2 Å². The molecule has 6 heteroatoms. The maximum atomic E-state index is 13.0. The third-order valence-electron chi connectivity index (χ3n) is 4.16. The van der Waals surface area contributed by atoms with Gasteiger partial charge in [0, 0.05) is 12.6 Å². The molecule has 0 aliphatic carbocycles. The monoisotopic (exact) mass is 312 g/mol. The zero-order valence-corrected chi connectivity index (χ0v) is 13.7. The molecule has 1 saturated heterocycles. The Kier molecular flexibility index (Phi) is 4.91. The molecule has 5 nitrogen and oxygen atoms in total. The number of sulfonamides is 1. The Bertz CT molecular complexity index is 601. The summed E-state index contributed by atoms with van der Waals surface area (Å²) in [5, 5.41) is 0. The predicted octanol–water partition coefficient (Wildman–Crippen LogP) is 1.75. The van der Waals surface area contributed by atoms with Crippen molar-refractivity contribution >= 4 is 10.0 Å². The van der Waals surface area contributed by atoms with Gasteiger partial charge in [0.1, 0.15) is 10.6 Å². The smallest absolute Gasteiger partial charge is 0.247 e. The Morgan fingerprint density at radius 1 is 1.38 bits per heavy atom. The molecule has 1 aromatic carbocycles. The fraction of sp³-hybridized carbons (Fsp3) is 0.600. The van der Waals surface area contributed by atoms with Gasteiger partial charge in [0.2, 0.25) is 10.0 Å². The number of aryl methyl sites for hydroxylation is 1. The highest BCUT2D eigenvalue weighted by molar-refractivity contribution is 7.89. The molecule has 0 amide bonds. The van der Waals surface area contributed by atoms with Crippen LogP contribution in [0.4, 0.5) is 0 Å². The molecule has 21 heavy (non-hydrogen) atoms. The van der Waals surface area contributed by atoms with Crippen LogP contribution >= 0.6 is 0 Å². The Morgan fingerprint density at radius 2 is 2.10 bits per heavy atom. The molecule has 0 spiro atoms. The van der Waals surface area contributed by atoms with Crippen molar-refractivity contribution in [2.45, 2.75) is 37.6 Å². The zero-order chi connectivity index (χ0) is 15.6. The van der Waals surface area contributed by atoms with Crippen LogP contribution in [-0.4, -0.2) is 39.0 Å². The maximum Gasteiger partial charge on any atom is 0.247 e. The molecule has 2 atom stereocenters. The predicted molar refractivity (Wildman–Crippen MR) is 82.9 cm³/mol. The van der Waals surface area contributed by atoms with Gasteiger partial charge in [-0.1, -0.05) is 6.07 Å². The second kappa shape index (κ2) is 6.34. The minimum absolute atomic E-state index is 0.0111. The van der Waals surface area contributed by atoms with Crippen LogP contribution in [0.15, 0.2) is 23.1 Å². The van der Waals surface area contributed by atoms with Crippen LogP contribution in [0.1, 0.15) is 25.3 Å². The van der Waals surface area contributed by atoms with Crippen molar-refractivity contribution in [3.8, 4) is 5.75 Å². The van der Waals surface area contributed by atoms with Crippen molar-refractivity contribution in [1.82, 2.24) is 4.31 Å². The Morgan fingerprint density at radius 3 is 2.71 bits per heavy atom. The molecular weight excluding hydrogens is 288 g/mol. The minimum atomic E-state index is -3.57. The number of methoxy groups -OCH3 is 1. The molecule has 0 saturated carbocycles. The maximum absolute atomic E-state index is 13.0. The van der Waals surface area contributed by atoms with Gasteiger partial charge < -0.3 is 10.5 Å². The lowest BCUT2D eigenvalue weighted by Gasteiger charge is -2.36. The van der Waals surface area contributed by atoms with Crippen molar-refractivity contribution in [3.63, 3.8) is 0 Å². The summed E-state index contributed by atoms with van der Waals surface area (Å²) in [4.78, 5) is 0.245. The molecule has 0 aromatic heterocycles. The molecule has 1 aliphatic heterocycles. The van der Waals surface area contributed by atoms with Crippen molar-refractivity contribution < 1.29 is 13.2 Å². The number of hydrogen-bond acceptors (Lipinski definition) is 4. The lowest BCUT2D eigenvalue weighted by molar-refractivity contribution is 0.210. The van der Waals surface area contributed by atoms with Crippen molar-refractivity contribution in [3.05, 3.63) is 23.8 Å². The number of nitrogens with zero attached hydrogens (tertiary/aromatic N) is 1. The molecule has 1 fully saturated rings. The molecule has 1 aliphatic rings. The molecule has 2 unspecified atom stereocenters. The molecule has 2 rings (SSSR count). The summed E-state index contributed by atoms with van der Waals surface area (Å²) in [6.07, 6.45) is 1.82. The second-order valence-electron chi connectivity index (χ2n) is 5.76. The first kappa shape index (κ1) is 16.3. The van der Waals surface area contributed by atoms with E-state index in [1.165, 1.54) is 7.11 Å². The van der Waals surface area contributed by atoms with Gasteiger partial charge in [-0.3, -0.25) is 0 Å². The average Bonchev–Trinajstić information content (AvgIpc) is 2.47. The van der Waals surface area contributed by atoms with Crippen molar-refractivity contribution in [2.24, 2.45) is 11.7 Å². The summed E-state index contributed by atoms with van der Waals surface area (Å²) < 4.78 is 32.8. The fourth-order valence-corrected chi connectivity index (χ4v) is 4.77. The number of ether oxygens (including phenoxy) is 1. The first-order valence-electron chi connectivity index (χ1n) is 7.26. The summed E-state index contributed by atoms with van der Waals surface area (Å²) in [7, 11) is -2.07. The van der Waals surface area contributed by atoms with Crippen LogP contribution in [0, 0.1) is 12.8 Å². The van der Waals surface area contributed by atoms with E-state index in [9.17, 15) is 8.42 Å². The number of benzene rings is 1. The van der Waals surface area contributed by atoms with Gasteiger partial charge in [0.05, 0.1) is 7.11 Å². The summed E-state index contributed by atoms with van der Waals surface area (Å²) in [6.45, 7) is 4.83. The molecule has 1 heterocycles. The SMILES string of the molecule is COc1ccc(C)cc1S(=O)(=O)N1CC(CN)CCC1C.